The van der Waals surface area contributed by atoms with E-state index in [0.29, 0.717) is 13.1 Å². The zero-order valence-electron chi connectivity index (χ0n) is 12.4. The zero-order chi connectivity index (χ0) is 16.8. The second-order valence-corrected chi connectivity index (χ2v) is 4.72. The first kappa shape index (κ1) is 16.9. The van der Waals surface area contributed by atoms with Crippen molar-refractivity contribution < 1.29 is 17.6 Å². The van der Waals surface area contributed by atoms with Gasteiger partial charge in [0.1, 0.15) is 0 Å². The number of hydrogen-bond acceptors (Lipinski definition) is 1. The van der Waals surface area contributed by atoms with Gasteiger partial charge in [-0.05, 0) is 12.1 Å². The van der Waals surface area contributed by atoms with Gasteiger partial charge < -0.3 is 15.2 Å². The Kier molecular flexibility index (Phi) is 5.61. The maximum Gasteiger partial charge on any atom is 0.191 e. The molecule has 0 atom stereocenters. The number of nitrogens with one attached hydrogen (secondary N) is 2. The van der Waals surface area contributed by atoms with Gasteiger partial charge in [0.15, 0.2) is 29.2 Å². The van der Waals surface area contributed by atoms with E-state index in [1.54, 1.807) is 0 Å². The van der Waals surface area contributed by atoms with Crippen LogP contribution in [0.25, 0.3) is 0 Å². The van der Waals surface area contributed by atoms with Gasteiger partial charge in [0.25, 0.3) is 0 Å². The number of benzene rings is 1. The number of nitrogens with zero attached hydrogens (tertiary/aromatic N) is 2. The molecule has 124 valence electrons. The summed E-state index contributed by atoms with van der Waals surface area (Å²) in [6.07, 6.45) is 3.77. The molecule has 1 aromatic carbocycles. The molecule has 1 aromatic heterocycles. The minimum Gasteiger partial charge on any atom is -0.355 e. The average molecular weight is 328 g/mol. The highest BCUT2D eigenvalue weighted by molar-refractivity contribution is 5.79. The van der Waals surface area contributed by atoms with Crippen molar-refractivity contribution in [3.05, 3.63) is 59.4 Å². The van der Waals surface area contributed by atoms with Gasteiger partial charge in [-0.25, -0.2) is 17.6 Å². The zero-order valence-corrected chi connectivity index (χ0v) is 12.4. The van der Waals surface area contributed by atoms with Gasteiger partial charge in [-0.15, -0.1) is 0 Å². The van der Waals surface area contributed by atoms with Gasteiger partial charge in [-0.1, -0.05) is 0 Å². The second-order valence-electron chi connectivity index (χ2n) is 4.72. The molecule has 0 amide bonds. The summed E-state index contributed by atoms with van der Waals surface area (Å²) in [5.74, 6) is -5.44. The first-order valence-corrected chi connectivity index (χ1v) is 6.90. The van der Waals surface area contributed by atoms with Gasteiger partial charge in [0.2, 0.25) is 0 Å². The van der Waals surface area contributed by atoms with E-state index in [0.717, 1.165) is 0 Å². The van der Waals surface area contributed by atoms with Crippen LogP contribution in [0.4, 0.5) is 17.6 Å². The molecule has 0 saturated heterocycles. The highest BCUT2D eigenvalue weighted by Gasteiger charge is 2.18. The summed E-state index contributed by atoms with van der Waals surface area (Å²) in [4.78, 5) is 3.88. The lowest BCUT2D eigenvalue weighted by molar-refractivity contribution is 0.437. The molecule has 0 spiro atoms. The Balaban J connectivity index is 1.93. The fourth-order valence-electron chi connectivity index (χ4n) is 1.99. The first-order valence-electron chi connectivity index (χ1n) is 6.90. The average Bonchev–Trinajstić information content (AvgIpc) is 3.04. The molecule has 4 nitrogen and oxygen atoms in total. The molecule has 0 saturated carbocycles. The fraction of sp³-hybridized carbons (Fsp3) is 0.267. The molecule has 0 radical (unpaired) electrons. The highest BCUT2D eigenvalue weighted by Crippen LogP contribution is 2.18. The minimum atomic E-state index is -1.43. The predicted octanol–water partition coefficient (Wildman–Crippen LogP) is 2.41. The third kappa shape index (κ3) is 4.24. The van der Waals surface area contributed by atoms with E-state index in [2.05, 4.69) is 15.6 Å². The standard InChI is InChI=1S/C15H16F4N4/c1-20-15(21-4-7-23-5-2-3-6-23)22-9-10-13(18)11(16)8-12(17)14(10)19/h2-3,5-6,8H,4,7,9H2,1H3,(H2,20,21,22). The van der Waals surface area contributed by atoms with Gasteiger partial charge in [-0.2, -0.15) is 0 Å². The third-order valence-electron chi connectivity index (χ3n) is 3.19. The SMILES string of the molecule is CN=C(NCCn1cccc1)NCc1c(F)c(F)cc(F)c1F. The van der Waals surface area contributed by atoms with Crippen molar-refractivity contribution in [2.45, 2.75) is 13.1 Å². The topological polar surface area (TPSA) is 41.4 Å². The number of aliphatic imine (C=N–C) groups is 1. The van der Waals surface area contributed by atoms with Crippen LogP contribution in [-0.4, -0.2) is 24.1 Å². The van der Waals surface area contributed by atoms with E-state index in [9.17, 15) is 17.6 Å². The van der Waals surface area contributed by atoms with Crippen LogP contribution < -0.4 is 10.6 Å². The summed E-state index contributed by atoms with van der Waals surface area (Å²) in [5, 5.41) is 5.55. The maximum absolute atomic E-state index is 13.5. The highest BCUT2D eigenvalue weighted by atomic mass is 19.2. The molecule has 0 aliphatic carbocycles. The molecule has 1 heterocycles. The molecule has 0 fully saturated rings. The van der Waals surface area contributed by atoms with E-state index in [1.165, 1.54) is 7.05 Å². The molecule has 0 unspecified atom stereocenters. The van der Waals surface area contributed by atoms with Crippen LogP contribution >= 0.6 is 0 Å². The van der Waals surface area contributed by atoms with E-state index in [1.807, 2.05) is 29.1 Å². The van der Waals surface area contributed by atoms with Crippen molar-refractivity contribution in [1.29, 1.82) is 0 Å². The van der Waals surface area contributed by atoms with Crippen LogP contribution in [0.2, 0.25) is 0 Å². The first-order chi connectivity index (χ1) is 11.0. The van der Waals surface area contributed by atoms with Gasteiger partial charge >= 0.3 is 0 Å². The molecule has 2 rings (SSSR count). The van der Waals surface area contributed by atoms with Crippen molar-refractivity contribution in [2.24, 2.45) is 4.99 Å². The molecule has 8 heteroatoms. The minimum absolute atomic E-state index is 0.179. The Morgan fingerprint density at radius 2 is 1.65 bits per heavy atom. The number of guanidine groups is 1. The molecule has 0 aliphatic heterocycles. The summed E-state index contributed by atoms with van der Waals surface area (Å²) in [6.45, 7) is 0.734. The summed E-state index contributed by atoms with van der Waals surface area (Å²) in [6, 6.07) is 3.95. The van der Waals surface area contributed by atoms with Crippen molar-refractivity contribution in [1.82, 2.24) is 15.2 Å². The lowest BCUT2D eigenvalue weighted by Crippen LogP contribution is -2.38. The summed E-state index contributed by atoms with van der Waals surface area (Å²) < 4.78 is 55.3. The summed E-state index contributed by atoms with van der Waals surface area (Å²) in [5.41, 5.74) is -0.712. The van der Waals surface area contributed by atoms with Crippen molar-refractivity contribution in [3.63, 3.8) is 0 Å². The molecule has 2 aromatic rings. The Labute approximate surface area is 130 Å². The summed E-state index contributed by atoms with van der Waals surface area (Å²) >= 11 is 0. The largest absolute Gasteiger partial charge is 0.355 e. The van der Waals surface area contributed by atoms with E-state index in [-0.39, 0.29) is 12.0 Å². The van der Waals surface area contributed by atoms with Crippen molar-refractivity contribution >= 4 is 5.96 Å². The van der Waals surface area contributed by atoms with E-state index in [4.69, 9.17) is 0 Å². The number of aromatic nitrogens is 1. The van der Waals surface area contributed by atoms with E-state index >= 15 is 0 Å². The third-order valence-corrected chi connectivity index (χ3v) is 3.19. The van der Waals surface area contributed by atoms with Crippen LogP contribution in [0.5, 0.6) is 0 Å². The lowest BCUT2D eigenvalue weighted by Gasteiger charge is -2.13. The number of hydrogen-bond donors (Lipinski definition) is 2. The van der Waals surface area contributed by atoms with Crippen LogP contribution in [0.1, 0.15) is 5.56 Å². The number of rotatable bonds is 5. The molecule has 2 N–H and O–H groups in total. The van der Waals surface area contributed by atoms with E-state index < -0.39 is 35.4 Å². The normalized spacial score (nSPS) is 11.6. The molecule has 0 bridgehead atoms. The monoisotopic (exact) mass is 328 g/mol. The van der Waals surface area contributed by atoms with Crippen LogP contribution in [0.3, 0.4) is 0 Å². The van der Waals surface area contributed by atoms with Crippen molar-refractivity contribution in [3.8, 4) is 0 Å². The molecular formula is C15H16F4N4. The Bertz CT molecular complexity index is 657. The second kappa shape index (κ2) is 7.66. The lowest BCUT2D eigenvalue weighted by atomic mass is 10.2. The van der Waals surface area contributed by atoms with Crippen molar-refractivity contribution in [2.75, 3.05) is 13.6 Å². The predicted molar refractivity (Wildman–Crippen MR) is 78.9 cm³/mol. The van der Waals surface area contributed by atoms with Gasteiger partial charge in [0, 0.05) is 50.7 Å². The van der Waals surface area contributed by atoms with Crippen LogP contribution in [-0.2, 0) is 13.1 Å². The number of halogens is 4. The smallest absolute Gasteiger partial charge is 0.191 e. The Morgan fingerprint density at radius 1 is 1.04 bits per heavy atom. The quantitative estimate of drug-likeness (QED) is 0.383. The fourth-order valence-corrected chi connectivity index (χ4v) is 1.99. The molecule has 0 aliphatic rings. The molecule has 23 heavy (non-hydrogen) atoms. The van der Waals surface area contributed by atoms with Gasteiger partial charge in [0.05, 0.1) is 0 Å². The van der Waals surface area contributed by atoms with Crippen LogP contribution in [0.15, 0.2) is 35.6 Å². The summed E-state index contributed by atoms with van der Waals surface area (Å²) in [7, 11) is 1.48. The van der Waals surface area contributed by atoms with Gasteiger partial charge in [-0.3, -0.25) is 4.99 Å². The Hall–Kier alpha value is -2.51. The Morgan fingerprint density at radius 3 is 2.22 bits per heavy atom. The maximum atomic E-state index is 13.5. The van der Waals surface area contributed by atoms with Crippen LogP contribution in [0, 0.1) is 23.3 Å². The molecular weight excluding hydrogens is 312 g/mol.